The van der Waals surface area contributed by atoms with E-state index in [9.17, 15) is 0 Å². The Morgan fingerprint density at radius 3 is 2.89 bits per heavy atom. The Kier molecular flexibility index (Phi) is 4.13. The van der Waals surface area contributed by atoms with Crippen molar-refractivity contribution in [3.63, 3.8) is 0 Å². The Morgan fingerprint density at radius 1 is 1.22 bits per heavy atom. The average Bonchev–Trinajstić information content (AvgIpc) is 3.09. The van der Waals surface area contributed by atoms with Crippen LogP contribution in [0, 0.1) is 0 Å². The normalized spacial score (nSPS) is 25.4. The van der Waals surface area contributed by atoms with Gasteiger partial charge in [-0.05, 0) is 31.4 Å². The summed E-state index contributed by atoms with van der Waals surface area (Å²) in [6, 6.07) is 0.681. The molecular weight excluding hydrogens is 242 g/mol. The minimum atomic E-state index is 0.681. The lowest BCUT2D eigenvalue weighted by Gasteiger charge is -2.25. The molecule has 0 spiro atoms. The zero-order chi connectivity index (χ0) is 12.2. The Balaban J connectivity index is 1.59. The van der Waals surface area contributed by atoms with Gasteiger partial charge in [0, 0.05) is 30.2 Å². The fourth-order valence-corrected chi connectivity index (χ4v) is 4.32. The molecule has 2 fully saturated rings. The summed E-state index contributed by atoms with van der Waals surface area (Å²) in [5.74, 6) is 2.43. The minimum Gasteiger partial charge on any atom is -0.355 e. The van der Waals surface area contributed by atoms with Gasteiger partial charge in [0.05, 0.1) is 0 Å². The first-order chi connectivity index (χ1) is 8.93. The van der Waals surface area contributed by atoms with Gasteiger partial charge in [0.2, 0.25) is 5.95 Å². The number of rotatable bonds is 4. The third kappa shape index (κ3) is 2.85. The molecule has 0 amide bonds. The Bertz CT molecular complexity index is 365. The molecule has 1 aromatic heterocycles. The van der Waals surface area contributed by atoms with Crippen molar-refractivity contribution in [3.05, 3.63) is 12.4 Å². The van der Waals surface area contributed by atoms with Gasteiger partial charge in [-0.2, -0.15) is 11.8 Å². The molecule has 0 bridgehead atoms. The van der Waals surface area contributed by atoms with E-state index in [1.54, 1.807) is 0 Å². The molecule has 1 aromatic rings. The smallest absolute Gasteiger partial charge is 0.203 e. The standard InChI is InChI=1S/C14H23N3S/c1-2-5-12(6-3-1)17-9-8-15-14(17)16-11-13-7-4-10-18-13/h8-9,12-13H,1-7,10-11H2,(H,15,16). The maximum atomic E-state index is 4.49. The first-order valence-electron chi connectivity index (χ1n) is 7.32. The summed E-state index contributed by atoms with van der Waals surface area (Å²) in [7, 11) is 0. The van der Waals surface area contributed by atoms with Gasteiger partial charge in [-0.15, -0.1) is 0 Å². The van der Waals surface area contributed by atoms with E-state index in [0.717, 1.165) is 17.7 Å². The number of thioether (sulfide) groups is 1. The van der Waals surface area contributed by atoms with Crippen LogP contribution in [-0.2, 0) is 0 Å². The monoisotopic (exact) mass is 265 g/mol. The topological polar surface area (TPSA) is 29.9 Å². The van der Waals surface area contributed by atoms with Crippen LogP contribution < -0.4 is 5.32 Å². The van der Waals surface area contributed by atoms with Crippen LogP contribution in [-0.4, -0.2) is 27.1 Å². The highest BCUT2D eigenvalue weighted by molar-refractivity contribution is 8.00. The highest BCUT2D eigenvalue weighted by Crippen LogP contribution is 2.31. The molecule has 1 N–H and O–H groups in total. The summed E-state index contributed by atoms with van der Waals surface area (Å²) >= 11 is 2.11. The van der Waals surface area contributed by atoms with Crippen molar-refractivity contribution in [2.75, 3.05) is 17.6 Å². The lowest BCUT2D eigenvalue weighted by atomic mass is 9.95. The van der Waals surface area contributed by atoms with Crippen molar-refractivity contribution < 1.29 is 0 Å². The molecule has 1 atom stereocenters. The van der Waals surface area contributed by atoms with Crippen LogP contribution in [0.3, 0.4) is 0 Å². The van der Waals surface area contributed by atoms with Crippen LogP contribution in [0.4, 0.5) is 5.95 Å². The summed E-state index contributed by atoms with van der Waals surface area (Å²) in [5, 5.41) is 4.36. The van der Waals surface area contributed by atoms with Crippen LogP contribution in [0.1, 0.15) is 51.0 Å². The number of nitrogens with zero attached hydrogens (tertiary/aromatic N) is 2. The van der Waals surface area contributed by atoms with E-state index >= 15 is 0 Å². The third-order valence-electron chi connectivity index (χ3n) is 4.15. The molecule has 18 heavy (non-hydrogen) atoms. The molecule has 1 saturated carbocycles. The highest BCUT2D eigenvalue weighted by atomic mass is 32.2. The van der Waals surface area contributed by atoms with Crippen molar-refractivity contribution >= 4 is 17.7 Å². The minimum absolute atomic E-state index is 0.681. The summed E-state index contributed by atoms with van der Waals surface area (Å²) in [6.07, 6.45) is 13.6. The van der Waals surface area contributed by atoms with E-state index < -0.39 is 0 Å². The van der Waals surface area contributed by atoms with Gasteiger partial charge >= 0.3 is 0 Å². The number of hydrogen-bond donors (Lipinski definition) is 1. The van der Waals surface area contributed by atoms with E-state index in [1.807, 2.05) is 6.20 Å². The average molecular weight is 265 g/mol. The van der Waals surface area contributed by atoms with Gasteiger partial charge in [0.25, 0.3) is 0 Å². The zero-order valence-electron chi connectivity index (χ0n) is 11.0. The van der Waals surface area contributed by atoms with Gasteiger partial charge in [0.15, 0.2) is 0 Å². The second-order valence-corrected chi connectivity index (χ2v) is 6.87. The molecule has 1 aliphatic heterocycles. The number of nitrogens with one attached hydrogen (secondary N) is 1. The molecule has 100 valence electrons. The maximum absolute atomic E-state index is 4.49. The van der Waals surface area contributed by atoms with Crippen LogP contribution in [0.5, 0.6) is 0 Å². The number of aromatic nitrogens is 2. The number of hydrogen-bond acceptors (Lipinski definition) is 3. The molecule has 0 radical (unpaired) electrons. The predicted molar refractivity (Wildman–Crippen MR) is 78.3 cm³/mol. The lowest BCUT2D eigenvalue weighted by Crippen LogP contribution is -2.19. The molecule has 1 aliphatic carbocycles. The van der Waals surface area contributed by atoms with Crippen molar-refractivity contribution in [1.82, 2.24) is 9.55 Å². The van der Waals surface area contributed by atoms with Crippen LogP contribution >= 0.6 is 11.8 Å². The largest absolute Gasteiger partial charge is 0.355 e. The highest BCUT2D eigenvalue weighted by Gasteiger charge is 2.19. The summed E-state index contributed by atoms with van der Waals surface area (Å²) < 4.78 is 2.37. The summed E-state index contributed by atoms with van der Waals surface area (Å²) in [4.78, 5) is 4.49. The van der Waals surface area contributed by atoms with Crippen molar-refractivity contribution in [1.29, 1.82) is 0 Å². The van der Waals surface area contributed by atoms with Gasteiger partial charge < -0.3 is 9.88 Å². The van der Waals surface area contributed by atoms with Crippen LogP contribution in [0.2, 0.25) is 0 Å². The molecule has 0 aromatic carbocycles. The van der Waals surface area contributed by atoms with E-state index in [0.29, 0.717) is 6.04 Å². The SMILES string of the molecule is c1cn(C2CCCCC2)c(NCC2CCCS2)n1. The first kappa shape index (κ1) is 12.4. The summed E-state index contributed by atoms with van der Waals surface area (Å²) in [5.41, 5.74) is 0. The van der Waals surface area contributed by atoms with Gasteiger partial charge in [0.1, 0.15) is 0 Å². The predicted octanol–water partition coefficient (Wildman–Crippen LogP) is 3.70. The molecule has 2 aliphatic rings. The molecule has 1 unspecified atom stereocenters. The van der Waals surface area contributed by atoms with E-state index in [4.69, 9.17) is 0 Å². The molecular formula is C14H23N3S. The molecule has 4 heteroatoms. The Labute approximate surface area is 114 Å². The first-order valence-corrected chi connectivity index (χ1v) is 8.36. The molecule has 1 saturated heterocycles. The Hall–Kier alpha value is -0.640. The molecule has 3 rings (SSSR count). The number of anilines is 1. The zero-order valence-corrected chi connectivity index (χ0v) is 11.8. The van der Waals surface area contributed by atoms with Gasteiger partial charge in [-0.3, -0.25) is 0 Å². The second-order valence-electron chi connectivity index (χ2n) is 5.47. The second kappa shape index (κ2) is 6.00. The Morgan fingerprint density at radius 2 is 2.11 bits per heavy atom. The van der Waals surface area contributed by atoms with Gasteiger partial charge in [-0.1, -0.05) is 19.3 Å². The fourth-order valence-electron chi connectivity index (χ4n) is 3.11. The third-order valence-corrected chi connectivity index (χ3v) is 5.55. The lowest BCUT2D eigenvalue weighted by molar-refractivity contribution is 0.356. The molecule has 2 heterocycles. The van der Waals surface area contributed by atoms with Crippen LogP contribution in [0.25, 0.3) is 0 Å². The maximum Gasteiger partial charge on any atom is 0.203 e. The number of imidazole rings is 1. The quantitative estimate of drug-likeness (QED) is 0.900. The van der Waals surface area contributed by atoms with Crippen molar-refractivity contribution in [2.24, 2.45) is 0 Å². The van der Waals surface area contributed by atoms with Crippen molar-refractivity contribution in [2.45, 2.75) is 56.2 Å². The van der Waals surface area contributed by atoms with Gasteiger partial charge in [-0.25, -0.2) is 4.98 Å². The van der Waals surface area contributed by atoms with Crippen molar-refractivity contribution in [3.8, 4) is 0 Å². The van der Waals surface area contributed by atoms with E-state index in [2.05, 4.69) is 32.8 Å². The van der Waals surface area contributed by atoms with E-state index in [1.165, 1.54) is 50.7 Å². The summed E-state index contributed by atoms with van der Waals surface area (Å²) in [6.45, 7) is 1.08. The van der Waals surface area contributed by atoms with E-state index in [-0.39, 0.29) is 0 Å². The van der Waals surface area contributed by atoms with Crippen LogP contribution in [0.15, 0.2) is 12.4 Å². The fraction of sp³-hybridized carbons (Fsp3) is 0.786. The molecule has 3 nitrogen and oxygen atoms in total.